The number of hydrogen-bond acceptors (Lipinski definition) is 13. The first kappa shape index (κ1) is 41.5. The second kappa shape index (κ2) is 16.9. The Bertz CT molecular complexity index is 2830. The average Bonchev–Trinajstić information content (AvgIpc) is 3.81. The molecule has 2 aromatic carbocycles. The van der Waals surface area contributed by atoms with Crippen molar-refractivity contribution >= 4 is 40.1 Å². The Balaban J connectivity index is 0.807. The molecular weight excluding hydrogens is 829 g/mol. The third-order valence-corrected chi connectivity index (χ3v) is 13.9. The number of carbonyl (C=O) groups excluding carboxylic acids is 2. The van der Waals surface area contributed by atoms with Gasteiger partial charge < -0.3 is 34.4 Å². The summed E-state index contributed by atoms with van der Waals surface area (Å²) in [5.74, 6) is -0.132. The Morgan fingerprint density at radius 1 is 0.906 bits per heavy atom. The largest absolute Gasteiger partial charge is 0.507 e. The maximum Gasteiger partial charge on any atom is 0.243 e. The lowest BCUT2D eigenvalue weighted by Crippen LogP contribution is -2.48. The number of β-amino-alcohol motifs (C(OH)–C–C–N with tert-alkyl or cyclic N) is 1. The predicted molar refractivity (Wildman–Crippen MR) is 243 cm³/mol. The van der Waals surface area contributed by atoms with E-state index in [1.807, 2.05) is 75.7 Å². The number of aromatic hydroxyl groups is 1. The molecule has 5 atom stereocenters. The highest BCUT2D eigenvalue weighted by molar-refractivity contribution is 7.13. The third-order valence-electron chi connectivity index (χ3n) is 12.9. The van der Waals surface area contributed by atoms with Gasteiger partial charge in [0.25, 0.3) is 0 Å². The van der Waals surface area contributed by atoms with Crippen molar-refractivity contribution in [1.82, 2.24) is 45.1 Å². The minimum atomic E-state index is -0.840. The number of fused-ring (bicyclic) bond motifs is 1. The van der Waals surface area contributed by atoms with Crippen molar-refractivity contribution in [3.8, 4) is 38.7 Å². The number of rotatable bonds is 12. The normalized spacial score (nSPS) is 19.8. The van der Waals surface area contributed by atoms with E-state index in [9.17, 15) is 19.8 Å². The molecule has 2 aliphatic heterocycles. The standard InChI is InChI=1S/C48H50N10O5S/c1-26(2)44(47(62)57-24-34(59)17-41(57)46(61)52-27(3)29-9-11-30(12-10-29)45-28(4)51-25-64-45)43-20-36(55-63-43)32-21-49-48(50-22-32)56-16-15-31(23-56)39-19-38-40(58(39)33-13-14-33)18-37(53-54-38)35-7-5-6-8-42(35)60/h5-12,18-22,25-27,31,33-34,41,44,59-60H,13-17,23-24H2,1-4H3,(H,52,61)/t27-,31+,34?,41?,44+/m0/s1. The fraction of sp³-hybridized carbons (Fsp3) is 0.375. The molecule has 5 aromatic heterocycles. The topological polar surface area (TPSA) is 189 Å². The van der Waals surface area contributed by atoms with Crippen LogP contribution in [0.3, 0.4) is 0 Å². The number of phenolic OH excluding ortho intramolecular Hbond substituents is 1. The van der Waals surface area contributed by atoms with E-state index in [4.69, 9.17) is 14.5 Å². The van der Waals surface area contributed by atoms with Gasteiger partial charge in [-0.2, -0.15) is 0 Å². The number of aryl methyl sites for hydroxylation is 1. The summed E-state index contributed by atoms with van der Waals surface area (Å²) in [5.41, 5.74) is 10.4. The van der Waals surface area contributed by atoms with Crippen LogP contribution in [0.15, 0.2) is 89.2 Å². The zero-order valence-electron chi connectivity index (χ0n) is 36.1. The second-order valence-electron chi connectivity index (χ2n) is 17.7. The van der Waals surface area contributed by atoms with Crippen LogP contribution in [0.4, 0.5) is 5.95 Å². The van der Waals surface area contributed by atoms with Gasteiger partial charge in [-0.25, -0.2) is 15.0 Å². The fourth-order valence-electron chi connectivity index (χ4n) is 9.40. The maximum absolute atomic E-state index is 14.3. The highest BCUT2D eigenvalue weighted by atomic mass is 32.1. The van der Waals surface area contributed by atoms with Crippen molar-refractivity contribution < 1.29 is 24.3 Å². The van der Waals surface area contributed by atoms with E-state index in [0.717, 1.165) is 65.1 Å². The summed E-state index contributed by atoms with van der Waals surface area (Å²) < 4.78 is 8.28. The van der Waals surface area contributed by atoms with Gasteiger partial charge in [0.15, 0.2) is 0 Å². The highest BCUT2D eigenvalue weighted by Crippen LogP contribution is 2.44. The van der Waals surface area contributed by atoms with Gasteiger partial charge in [-0.05, 0) is 74.4 Å². The van der Waals surface area contributed by atoms with Gasteiger partial charge in [0.05, 0.1) is 39.4 Å². The number of amides is 2. The number of benzene rings is 2. The van der Waals surface area contributed by atoms with Crippen LogP contribution < -0.4 is 10.2 Å². The maximum atomic E-state index is 14.3. The molecule has 15 nitrogen and oxygen atoms in total. The van der Waals surface area contributed by atoms with Crippen LogP contribution in [-0.2, 0) is 9.59 Å². The van der Waals surface area contributed by atoms with Crippen LogP contribution in [0.1, 0.15) is 93.1 Å². The third kappa shape index (κ3) is 7.89. The first-order chi connectivity index (χ1) is 31.0. The number of anilines is 1. The molecule has 10 rings (SSSR count). The molecule has 2 saturated heterocycles. The molecule has 16 heteroatoms. The molecule has 7 aromatic rings. The average molecular weight is 879 g/mol. The van der Waals surface area contributed by atoms with E-state index in [2.05, 4.69) is 41.2 Å². The molecule has 3 N–H and O–H groups in total. The molecule has 0 spiro atoms. The first-order valence-corrected chi connectivity index (χ1v) is 22.9. The second-order valence-corrected chi connectivity index (χ2v) is 18.6. The van der Waals surface area contributed by atoms with E-state index in [1.54, 1.807) is 41.9 Å². The molecule has 3 fully saturated rings. The van der Waals surface area contributed by atoms with Crippen LogP contribution in [0.5, 0.6) is 5.75 Å². The Labute approximate surface area is 374 Å². The predicted octanol–water partition coefficient (Wildman–Crippen LogP) is 7.59. The van der Waals surface area contributed by atoms with Crippen LogP contribution >= 0.6 is 11.3 Å². The summed E-state index contributed by atoms with van der Waals surface area (Å²) in [4.78, 5) is 46.8. The highest BCUT2D eigenvalue weighted by Gasteiger charge is 2.44. The molecule has 1 saturated carbocycles. The van der Waals surface area contributed by atoms with Crippen LogP contribution in [-0.4, -0.2) is 93.6 Å². The van der Waals surface area contributed by atoms with Gasteiger partial charge in [-0.1, -0.05) is 55.4 Å². The number of aliphatic hydroxyl groups excluding tert-OH is 1. The molecule has 64 heavy (non-hydrogen) atoms. The summed E-state index contributed by atoms with van der Waals surface area (Å²) in [5, 5.41) is 37.7. The number of nitrogens with zero attached hydrogens (tertiary/aromatic N) is 9. The molecule has 1 aliphatic carbocycles. The minimum absolute atomic E-state index is 0.0442. The molecule has 2 amide bonds. The van der Waals surface area contributed by atoms with Crippen LogP contribution in [0, 0.1) is 12.8 Å². The lowest BCUT2D eigenvalue weighted by Gasteiger charge is -2.29. The van der Waals surface area contributed by atoms with Crippen molar-refractivity contribution in [3.05, 3.63) is 107 Å². The number of phenols is 1. The van der Waals surface area contributed by atoms with Gasteiger partial charge in [0.2, 0.25) is 17.8 Å². The Kier molecular flexibility index (Phi) is 10.9. The van der Waals surface area contributed by atoms with E-state index >= 15 is 0 Å². The quantitative estimate of drug-likeness (QED) is 0.109. The molecular formula is C48H50N10O5S. The molecule has 3 aliphatic rings. The van der Waals surface area contributed by atoms with Crippen molar-refractivity contribution in [2.75, 3.05) is 24.5 Å². The minimum Gasteiger partial charge on any atom is -0.507 e. The Morgan fingerprint density at radius 3 is 2.41 bits per heavy atom. The number of thiazole rings is 1. The van der Waals surface area contributed by atoms with Crippen molar-refractivity contribution in [2.24, 2.45) is 5.92 Å². The number of aromatic nitrogens is 7. The van der Waals surface area contributed by atoms with Crippen LogP contribution in [0.2, 0.25) is 0 Å². The molecule has 0 bridgehead atoms. The zero-order chi connectivity index (χ0) is 44.2. The summed E-state index contributed by atoms with van der Waals surface area (Å²) in [7, 11) is 0. The fourth-order valence-corrected chi connectivity index (χ4v) is 10.2. The summed E-state index contributed by atoms with van der Waals surface area (Å²) in [6, 6.07) is 20.5. The first-order valence-electron chi connectivity index (χ1n) is 22.0. The van der Waals surface area contributed by atoms with Gasteiger partial charge >= 0.3 is 0 Å². The lowest BCUT2D eigenvalue weighted by molar-refractivity contribution is -0.141. The number of nitrogens with one attached hydrogen (secondary N) is 1. The van der Waals surface area contributed by atoms with E-state index in [-0.39, 0.29) is 48.4 Å². The Morgan fingerprint density at radius 2 is 1.69 bits per heavy atom. The summed E-state index contributed by atoms with van der Waals surface area (Å²) >= 11 is 1.59. The zero-order valence-corrected chi connectivity index (χ0v) is 36.9. The number of aliphatic hydroxyl groups is 1. The lowest BCUT2D eigenvalue weighted by atomic mass is 9.91. The number of likely N-dealkylation sites (tertiary alicyclic amines) is 1. The van der Waals surface area contributed by atoms with Crippen molar-refractivity contribution in [3.63, 3.8) is 0 Å². The van der Waals surface area contributed by atoms with Crippen LogP contribution in [0.25, 0.3) is 44.0 Å². The summed E-state index contributed by atoms with van der Waals surface area (Å²) in [6.45, 7) is 9.34. The van der Waals surface area contributed by atoms with Gasteiger partial charge in [0, 0.05) is 73.3 Å². The SMILES string of the molecule is Cc1ncsc1-c1ccc([C@H](C)NC(=O)C2CC(O)CN2C(=O)[C@@H](c2cc(-c3cnc(N4CC[C@@H](c5cc6nnc(-c7ccccc7O)cc6n5C5CC5)C4)nc3)no2)C(C)C)cc1. The van der Waals surface area contributed by atoms with Crippen molar-refractivity contribution in [1.29, 1.82) is 0 Å². The van der Waals surface area contributed by atoms with Crippen molar-refractivity contribution in [2.45, 2.75) is 89.4 Å². The van der Waals surface area contributed by atoms with Gasteiger partial charge in [-0.3, -0.25) is 9.59 Å². The molecule has 2 unspecified atom stereocenters. The Hall–Kier alpha value is -6.52. The summed E-state index contributed by atoms with van der Waals surface area (Å²) in [6.07, 6.45) is 5.93. The molecule has 7 heterocycles. The molecule has 328 valence electrons. The van der Waals surface area contributed by atoms with E-state index in [1.165, 1.54) is 10.6 Å². The number of carbonyl (C=O) groups is 2. The monoisotopic (exact) mass is 878 g/mol. The van der Waals surface area contributed by atoms with E-state index < -0.39 is 18.1 Å². The molecule has 0 radical (unpaired) electrons. The van der Waals surface area contributed by atoms with E-state index in [0.29, 0.717) is 40.3 Å². The number of hydrogen-bond donors (Lipinski definition) is 3. The van der Waals surface area contributed by atoms with Gasteiger partial charge in [0.1, 0.15) is 34.7 Å². The number of para-hydroxylation sites is 1. The smallest absolute Gasteiger partial charge is 0.243 e. The van der Waals surface area contributed by atoms with Gasteiger partial charge in [-0.15, -0.1) is 21.5 Å².